The minimum Gasteiger partial charge on any atom is -0.508 e. The topological polar surface area (TPSA) is 83.6 Å². The highest BCUT2D eigenvalue weighted by Gasteiger charge is 2.15. The molecule has 0 saturated heterocycles. The maximum Gasteiger partial charge on any atom is 0.310 e. The van der Waals surface area contributed by atoms with Crippen LogP contribution in [0.5, 0.6) is 11.5 Å². The molecule has 5 heteroatoms. The highest BCUT2D eigenvalue weighted by Crippen LogP contribution is 2.29. The summed E-state index contributed by atoms with van der Waals surface area (Å²) in [5.41, 5.74) is 1.47. The van der Waals surface area contributed by atoms with Crippen LogP contribution in [0.4, 0.5) is 5.69 Å². The van der Waals surface area contributed by atoms with Crippen molar-refractivity contribution in [3.8, 4) is 11.5 Å². The molecule has 2 rings (SSSR count). The number of nitro benzene ring substituents is 1. The lowest BCUT2D eigenvalue weighted by Gasteiger charge is -2.02. The Morgan fingerprint density at radius 1 is 0.913 bits per heavy atom. The summed E-state index contributed by atoms with van der Waals surface area (Å²) >= 11 is 0. The van der Waals surface area contributed by atoms with Gasteiger partial charge >= 0.3 is 5.69 Å². The van der Waals surface area contributed by atoms with Gasteiger partial charge in [-0.1, -0.05) is 57.0 Å². The van der Waals surface area contributed by atoms with Crippen LogP contribution < -0.4 is 0 Å². The fraction of sp³-hybridized carbons (Fsp3) is 0.333. The van der Waals surface area contributed by atoms with Crippen LogP contribution >= 0.6 is 0 Å². The van der Waals surface area contributed by atoms with Crippen LogP contribution in [0.15, 0.2) is 42.5 Å². The molecule has 2 aromatic carbocycles. The van der Waals surface area contributed by atoms with Gasteiger partial charge in [-0.3, -0.25) is 10.1 Å². The molecule has 0 aliphatic heterocycles. The molecule has 0 atom stereocenters. The minimum atomic E-state index is -0.575. The van der Waals surface area contributed by atoms with Crippen LogP contribution in [0.2, 0.25) is 0 Å². The third-order valence-electron chi connectivity index (χ3n) is 3.33. The van der Waals surface area contributed by atoms with E-state index in [9.17, 15) is 20.3 Å². The van der Waals surface area contributed by atoms with E-state index in [4.69, 9.17) is 0 Å². The molecule has 0 unspecified atom stereocenters. The molecule has 0 spiro atoms. The Balaban J connectivity index is 0.000000238. The molecular weight excluding hydrogens is 294 g/mol. The normalized spacial score (nSPS) is 9.83. The van der Waals surface area contributed by atoms with Crippen LogP contribution in [-0.2, 0) is 12.8 Å². The van der Waals surface area contributed by atoms with Crippen molar-refractivity contribution in [1.82, 2.24) is 0 Å². The van der Waals surface area contributed by atoms with Crippen LogP contribution in [0.3, 0.4) is 0 Å². The number of rotatable bonds is 5. The first-order valence-corrected chi connectivity index (χ1v) is 7.73. The Hall–Kier alpha value is -2.56. The fourth-order valence-electron chi connectivity index (χ4n) is 2.19. The van der Waals surface area contributed by atoms with Crippen molar-refractivity contribution in [2.45, 2.75) is 39.5 Å². The third-order valence-corrected chi connectivity index (χ3v) is 3.33. The largest absolute Gasteiger partial charge is 0.508 e. The molecule has 0 bridgehead atoms. The number of aromatic hydroxyl groups is 2. The zero-order chi connectivity index (χ0) is 17.2. The van der Waals surface area contributed by atoms with Crippen LogP contribution in [0.25, 0.3) is 0 Å². The second-order valence-corrected chi connectivity index (χ2v) is 5.17. The molecule has 0 heterocycles. The summed E-state index contributed by atoms with van der Waals surface area (Å²) < 4.78 is 0. The van der Waals surface area contributed by atoms with Crippen molar-refractivity contribution in [2.75, 3.05) is 0 Å². The maximum absolute atomic E-state index is 10.4. The average Bonchev–Trinajstić information content (AvgIpc) is 2.52. The van der Waals surface area contributed by atoms with Gasteiger partial charge in [0.05, 0.1) is 4.92 Å². The first-order valence-electron chi connectivity index (χ1n) is 7.73. The standard InChI is InChI=1S/C9H11NO3.C9H12O/c1-2-4-7-5-3-6-8(9(7)11)10(12)13;1-2-5-8-6-3-4-7-9(8)10/h3,5-6,11H,2,4H2,1H3;3-4,6-7,10H,2,5H2,1H3. The molecule has 124 valence electrons. The number of phenolic OH excluding ortho intramolecular Hbond substituents is 2. The van der Waals surface area contributed by atoms with E-state index in [1.165, 1.54) is 6.07 Å². The smallest absolute Gasteiger partial charge is 0.310 e. The van der Waals surface area contributed by atoms with E-state index in [0.29, 0.717) is 17.7 Å². The molecule has 2 aromatic rings. The number of para-hydroxylation sites is 2. The maximum atomic E-state index is 10.4. The van der Waals surface area contributed by atoms with E-state index in [1.54, 1.807) is 18.2 Å². The van der Waals surface area contributed by atoms with Gasteiger partial charge in [0, 0.05) is 11.6 Å². The average molecular weight is 317 g/mol. The van der Waals surface area contributed by atoms with Crippen molar-refractivity contribution in [3.05, 3.63) is 63.7 Å². The Morgan fingerprint density at radius 2 is 1.48 bits per heavy atom. The van der Waals surface area contributed by atoms with Gasteiger partial charge in [0.1, 0.15) is 5.75 Å². The van der Waals surface area contributed by atoms with Gasteiger partial charge in [0.25, 0.3) is 0 Å². The summed E-state index contributed by atoms with van der Waals surface area (Å²) in [6.07, 6.45) is 3.56. The Kier molecular flexibility index (Phi) is 7.60. The Labute approximate surface area is 136 Å². The molecule has 0 radical (unpaired) electrons. The highest BCUT2D eigenvalue weighted by atomic mass is 16.6. The SMILES string of the molecule is CCCc1cccc([N+](=O)[O-])c1O.CCCc1ccccc1O. The predicted molar refractivity (Wildman–Crippen MR) is 90.9 cm³/mol. The molecule has 0 aliphatic carbocycles. The Bertz CT molecular complexity index is 641. The van der Waals surface area contributed by atoms with E-state index < -0.39 is 4.92 Å². The number of hydrogen-bond donors (Lipinski definition) is 2. The quantitative estimate of drug-likeness (QED) is 0.623. The zero-order valence-electron chi connectivity index (χ0n) is 13.5. The van der Waals surface area contributed by atoms with Gasteiger partial charge in [-0.05, 0) is 24.5 Å². The summed E-state index contributed by atoms with van der Waals surface area (Å²) in [6, 6.07) is 12.1. The summed E-state index contributed by atoms with van der Waals surface area (Å²) in [6.45, 7) is 4.06. The molecule has 5 nitrogen and oxygen atoms in total. The van der Waals surface area contributed by atoms with Crippen molar-refractivity contribution in [2.24, 2.45) is 0 Å². The highest BCUT2D eigenvalue weighted by molar-refractivity contribution is 5.50. The molecule has 23 heavy (non-hydrogen) atoms. The lowest BCUT2D eigenvalue weighted by molar-refractivity contribution is -0.385. The van der Waals surface area contributed by atoms with Crippen LogP contribution in [-0.4, -0.2) is 15.1 Å². The third kappa shape index (κ3) is 5.62. The molecule has 0 aliphatic rings. The molecule has 0 aromatic heterocycles. The first kappa shape index (κ1) is 18.5. The van der Waals surface area contributed by atoms with Gasteiger partial charge in [-0.25, -0.2) is 0 Å². The van der Waals surface area contributed by atoms with Gasteiger partial charge in [-0.2, -0.15) is 0 Å². The number of benzene rings is 2. The summed E-state index contributed by atoms with van der Waals surface area (Å²) in [5.74, 6) is 0.221. The lowest BCUT2D eigenvalue weighted by atomic mass is 10.1. The van der Waals surface area contributed by atoms with Gasteiger partial charge in [0.15, 0.2) is 5.75 Å². The molecular formula is C18H23NO4. The van der Waals surface area contributed by atoms with Gasteiger partial charge in [0.2, 0.25) is 0 Å². The number of hydrogen-bond acceptors (Lipinski definition) is 4. The van der Waals surface area contributed by atoms with E-state index in [2.05, 4.69) is 6.92 Å². The molecule has 2 N–H and O–H groups in total. The Morgan fingerprint density at radius 3 is 2.04 bits per heavy atom. The van der Waals surface area contributed by atoms with Gasteiger partial charge in [-0.15, -0.1) is 0 Å². The van der Waals surface area contributed by atoms with E-state index in [0.717, 1.165) is 24.8 Å². The van der Waals surface area contributed by atoms with Crippen molar-refractivity contribution in [3.63, 3.8) is 0 Å². The van der Waals surface area contributed by atoms with Crippen molar-refractivity contribution >= 4 is 5.69 Å². The monoisotopic (exact) mass is 317 g/mol. The van der Waals surface area contributed by atoms with Crippen molar-refractivity contribution in [1.29, 1.82) is 0 Å². The van der Waals surface area contributed by atoms with Crippen LogP contribution in [0, 0.1) is 10.1 Å². The first-order chi connectivity index (χ1) is 11.0. The number of nitro groups is 1. The number of aryl methyl sites for hydroxylation is 2. The second-order valence-electron chi connectivity index (χ2n) is 5.17. The summed E-state index contributed by atoms with van der Waals surface area (Å²) in [7, 11) is 0. The van der Waals surface area contributed by atoms with E-state index in [1.807, 2.05) is 25.1 Å². The zero-order valence-corrected chi connectivity index (χ0v) is 13.5. The van der Waals surface area contributed by atoms with Gasteiger partial charge < -0.3 is 10.2 Å². The molecule has 0 fully saturated rings. The number of phenols is 2. The van der Waals surface area contributed by atoms with E-state index >= 15 is 0 Å². The fourth-order valence-corrected chi connectivity index (χ4v) is 2.19. The lowest BCUT2D eigenvalue weighted by Crippen LogP contribution is -1.92. The number of nitrogens with zero attached hydrogens (tertiary/aromatic N) is 1. The summed E-state index contributed by atoms with van der Waals surface area (Å²) in [4.78, 5) is 9.85. The van der Waals surface area contributed by atoms with Crippen LogP contribution in [0.1, 0.15) is 37.8 Å². The summed E-state index contributed by atoms with van der Waals surface area (Å²) in [5, 5.41) is 29.1. The van der Waals surface area contributed by atoms with Crippen molar-refractivity contribution < 1.29 is 15.1 Å². The second kappa shape index (κ2) is 9.46. The van der Waals surface area contributed by atoms with E-state index in [-0.39, 0.29) is 11.4 Å². The minimum absolute atomic E-state index is 0.200. The molecule has 0 saturated carbocycles. The molecule has 0 amide bonds. The predicted octanol–water partition coefficient (Wildman–Crippen LogP) is 4.60.